The molecular weight excluding hydrogens is 592 g/mol. The lowest BCUT2D eigenvalue weighted by molar-refractivity contribution is -0.132. The highest BCUT2D eigenvalue weighted by Gasteiger charge is 2.43. The zero-order valence-corrected chi connectivity index (χ0v) is 27.2. The van der Waals surface area contributed by atoms with Crippen LogP contribution in [0.5, 0.6) is 0 Å². The van der Waals surface area contributed by atoms with Gasteiger partial charge in [0.25, 0.3) is 11.8 Å². The lowest BCUT2D eigenvalue weighted by atomic mass is 9.86. The summed E-state index contributed by atoms with van der Waals surface area (Å²) in [5, 5.41) is 3.06. The van der Waals surface area contributed by atoms with Crippen LogP contribution in [0.4, 0.5) is 0 Å². The third-order valence-corrected chi connectivity index (χ3v) is 10.1. The van der Waals surface area contributed by atoms with Crippen molar-refractivity contribution >= 4 is 34.7 Å². The molecule has 1 aliphatic carbocycles. The number of nitrogens with one attached hydrogen (secondary N) is 1. The number of hydrogen-bond acceptors (Lipinski definition) is 6. The number of rotatable bonds is 5. The third kappa shape index (κ3) is 7.80. The normalized spacial score (nSPS) is 21.7. The van der Waals surface area contributed by atoms with Crippen LogP contribution in [-0.2, 0) is 9.59 Å². The van der Waals surface area contributed by atoms with Crippen LogP contribution in [0.3, 0.4) is 0 Å². The van der Waals surface area contributed by atoms with E-state index in [0.29, 0.717) is 73.5 Å². The first-order valence-electron chi connectivity index (χ1n) is 17.4. The minimum absolute atomic E-state index is 0.137. The summed E-state index contributed by atoms with van der Waals surface area (Å²) in [6.45, 7) is 2.29. The van der Waals surface area contributed by atoms with Crippen LogP contribution in [0.25, 0.3) is 11.0 Å². The van der Waals surface area contributed by atoms with Crippen LogP contribution in [0.1, 0.15) is 91.3 Å². The SMILES string of the molecule is O=C1NCCCCN(C(=O)CCC2CCCCC2)CCCN(C(=O)c2ccccc2)[C@H]2C[C@@H]1N(C(=O)c1cccc3nccnc13)C2. The van der Waals surface area contributed by atoms with Crippen molar-refractivity contribution < 1.29 is 19.2 Å². The first-order valence-corrected chi connectivity index (χ1v) is 17.4. The second kappa shape index (κ2) is 15.5. The van der Waals surface area contributed by atoms with Crippen molar-refractivity contribution in [3.63, 3.8) is 0 Å². The highest BCUT2D eigenvalue weighted by Crippen LogP contribution is 2.29. The number of carbonyl (C=O) groups is 4. The molecule has 2 aliphatic heterocycles. The van der Waals surface area contributed by atoms with Gasteiger partial charge in [0.15, 0.2) is 0 Å². The summed E-state index contributed by atoms with van der Waals surface area (Å²) in [6.07, 6.45) is 13.4. The van der Waals surface area contributed by atoms with Crippen molar-refractivity contribution in [2.24, 2.45) is 5.92 Å². The number of fused-ring (bicyclic) bond motifs is 3. The largest absolute Gasteiger partial charge is 0.354 e. The van der Waals surface area contributed by atoms with E-state index in [1.54, 1.807) is 41.6 Å². The van der Waals surface area contributed by atoms with Crippen LogP contribution >= 0.6 is 0 Å². The van der Waals surface area contributed by atoms with Gasteiger partial charge < -0.3 is 20.0 Å². The summed E-state index contributed by atoms with van der Waals surface area (Å²) in [6, 6.07) is 13.3. The summed E-state index contributed by atoms with van der Waals surface area (Å²) in [4.78, 5) is 69.6. The summed E-state index contributed by atoms with van der Waals surface area (Å²) in [7, 11) is 0. The lowest BCUT2D eigenvalue weighted by Gasteiger charge is -2.31. The highest BCUT2D eigenvalue weighted by atomic mass is 16.2. The van der Waals surface area contributed by atoms with E-state index in [-0.39, 0.29) is 36.2 Å². The van der Waals surface area contributed by atoms with E-state index >= 15 is 0 Å². The minimum atomic E-state index is -0.730. The van der Waals surface area contributed by atoms with Gasteiger partial charge >= 0.3 is 0 Å². The van der Waals surface area contributed by atoms with Gasteiger partial charge in [0.2, 0.25) is 11.8 Å². The number of para-hydroxylation sites is 1. The van der Waals surface area contributed by atoms with Gasteiger partial charge in [-0.1, -0.05) is 56.4 Å². The third-order valence-electron chi connectivity index (χ3n) is 10.1. The van der Waals surface area contributed by atoms with E-state index < -0.39 is 6.04 Å². The van der Waals surface area contributed by atoms with Crippen molar-refractivity contribution in [2.75, 3.05) is 32.7 Å². The van der Waals surface area contributed by atoms with E-state index in [9.17, 15) is 19.2 Å². The first kappa shape index (κ1) is 32.6. The van der Waals surface area contributed by atoms with E-state index in [0.717, 1.165) is 19.3 Å². The summed E-state index contributed by atoms with van der Waals surface area (Å²) in [5.41, 5.74) is 2.03. The zero-order chi connectivity index (χ0) is 32.6. The number of likely N-dealkylation sites (tertiary alicyclic amines) is 1. The average molecular weight is 639 g/mol. The molecule has 3 aliphatic rings. The zero-order valence-electron chi connectivity index (χ0n) is 27.2. The second-order valence-electron chi connectivity index (χ2n) is 13.2. The second-order valence-corrected chi connectivity index (χ2v) is 13.2. The van der Waals surface area contributed by atoms with Crippen LogP contribution in [0.2, 0.25) is 0 Å². The van der Waals surface area contributed by atoms with Gasteiger partial charge in [0, 0.05) is 57.1 Å². The van der Waals surface area contributed by atoms with Crippen LogP contribution in [0, 0.1) is 5.92 Å². The molecule has 0 unspecified atom stereocenters. The lowest BCUT2D eigenvalue weighted by Crippen LogP contribution is -2.46. The Morgan fingerprint density at radius 1 is 0.787 bits per heavy atom. The fraction of sp³-hybridized carbons (Fsp3) is 0.514. The smallest absolute Gasteiger partial charge is 0.256 e. The molecule has 10 heteroatoms. The molecule has 1 saturated carbocycles. The Morgan fingerprint density at radius 3 is 2.40 bits per heavy atom. The molecule has 0 spiro atoms. The predicted molar refractivity (Wildman–Crippen MR) is 179 cm³/mol. The molecule has 1 N–H and O–H groups in total. The van der Waals surface area contributed by atoms with E-state index in [4.69, 9.17) is 0 Å². The van der Waals surface area contributed by atoms with Gasteiger partial charge in [-0.2, -0.15) is 0 Å². The molecule has 3 fully saturated rings. The maximum atomic E-state index is 14.2. The quantitative estimate of drug-likeness (QED) is 0.428. The van der Waals surface area contributed by atoms with Crippen molar-refractivity contribution in [1.29, 1.82) is 0 Å². The fourth-order valence-electron chi connectivity index (χ4n) is 7.54. The maximum absolute atomic E-state index is 14.2. The Morgan fingerprint density at radius 2 is 1.57 bits per heavy atom. The molecule has 0 radical (unpaired) electrons. The Balaban J connectivity index is 1.24. The van der Waals surface area contributed by atoms with Gasteiger partial charge in [0.1, 0.15) is 11.6 Å². The van der Waals surface area contributed by atoms with E-state index in [1.807, 2.05) is 34.1 Å². The molecule has 2 atom stereocenters. The Labute approximate surface area is 276 Å². The molecule has 1 aromatic heterocycles. The number of carbonyl (C=O) groups excluding carboxylic acids is 4. The summed E-state index contributed by atoms with van der Waals surface area (Å²) >= 11 is 0. The predicted octanol–water partition coefficient (Wildman–Crippen LogP) is 4.84. The Kier molecular flexibility index (Phi) is 10.7. The van der Waals surface area contributed by atoms with Crippen molar-refractivity contribution in [3.8, 4) is 0 Å². The Hall–Kier alpha value is -4.34. The number of nitrogens with zero attached hydrogens (tertiary/aromatic N) is 5. The number of hydrogen-bond donors (Lipinski definition) is 1. The van der Waals surface area contributed by atoms with Gasteiger partial charge in [-0.15, -0.1) is 0 Å². The topological polar surface area (TPSA) is 116 Å². The number of amides is 4. The number of aromatic nitrogens is 2. The van der Waals surface area contributed by atoms with Gasteiger partial charge in [-0.3, -0.25) is 29.1 Å². The summed E-state index contributed by atoms with van der Waals surface area (Å²) < 4.78 is 0. The maximum Gasteiger partial charge on any atom is 0.256 e. The molecule has 4 amide bonds. The molecule has 47 heavy (non-hydrogen) atoms. The summed E-state index contributed by atoms with van der Waals surface area (Å²) in [5.74, 6) is 0.163. The molecule has 6 rings (SSSR count). The number of benzene rings is 2. The van der Waals surface area contributed by atoms with E-state index in [1.165, 1.54) is 32.1 Å². The van der Waals surface area contributed by atoms with Crippen LogP contribution < -0.4 is 5.32 Å². The molecule has 2 aromatic carbocycles. The molecule has 2 saturated heterocycles. The molecule has 2 bridgehead atoms. The highest BCUT2D eigenvalue weighted by molar-refractivity contribution is 6.06. The van der Waals surface area contributed by atoms with Crippen molar-refractivity contribution in [3.05, 3.63) is 72.1 Å². The average Bonchev–Trinajstić information content (AvgIpc) is 3.56. The fourth-order valence-corrected chi connectivity index (χ4v) is 7.54. The molecule has 3 heterocycles. The Bertz CT molecular complexity index is 1550. The monoisotopic (exact) mass is 638 g/mol. The first-order chi connectivity index (χ1) is 23.0. The van der Waals surface area contributed by atoms with Crippen molar-refractivity contribution in [1.82, 2.24) is 30.0 Å². The van der Waals surface area contributed by atoms with Gasteiger partial charge in [0.05, 0.1) is 17.1 Å². The van der Waals surface area contributed by atoms with Crippen LogP contribution in [-0.4, -0.2) is 93.1 Å². The molecule has 3 aromatic rings. The van der Waals surface area contributed by atoms with Crippen molar-refractivity contribution in [2.45, 2.75) is 82.7 Å². The van der Waals surface area contributed by atoms with Gasteiger partial charge in [-0.25, -0.2) is 0 Å². The van der Waals surface area contributed by atoms with Gasteiger partial charge in [-0.05, 0) is 62.3 Å². The standard InChI is InChI=1S/C37H46N6O4/c44-33(18-17-27-11-3-1-4-12-27)41-22-8-7-19-40-35(45)32-25-29(42(24-10-23-41)36(46)28-13-5-2-6-14-28)26-43(32)37(47)30-15-9-16-31-34(30)39-21-20-38-31/h2,5-6,9,13-16,20-21,27,29,32H,1,3-4,7-8,10-12,17-19,22-26H2,(H,40,45)/t29-,32-/m0/s1. The molecule has 248 valence electrons. The molecule has 10 nitrogen and oxygen atoms in total. The van der Waals surface area contributed by atoms with E-state index in [2.05, 4.69) is 15.3 Å². The van der Waals surface area contributed by atoms with Crippen LogP contribution in [0.15, 0.2) is 60.9 Å². The molecular formula is C37H46N6O4. The minimum Gasteiger partial charge on any atom is -0.354 e.